The Morgan fingerprint density at radius 2 is 1.61 bits per heavy atom. The van der Waals surface area contributed by atoms with E-state index in [-0.39, 0.29) is 11.8 Å². The van der Waals surface area contributed by atoms with Gasteiger partial charge in [0.25, 0.3) is 5.91 Å². The molecular weight excluding hydrogens is 482 g/mol. The second-order valence-electron chi connectivity index (χ2n) is 10.8. The number of nitrogens with zero attached hydrogens (tertiary/aromatic N) is 2. The Morgan fingerprint density at radius 1 is 0.974 bits per heavy atom. The van der Waals surface area contributed by atoms with Crippen molar-refractivity contribution in [1.29, 1.82) is 0 Å². The van der Waals surface area contributed by atoms with Crippen LogP contribution in [-0.2, 0) is 4.79 Å². The third kappa shape index (κ3) is 5.75. The monoisotopic (exact) mass is 523 g/mol. The van der Waals surface area contributed by atoms with Crippen molar-refractivity contribution in [3.8, 4) is 17.2 Å². The first-order valence-electron chi connectivity index (χ1n) is 13.4. The van der Waals surface area contributed by atoms with Crippen LogP contribution in [0.2, 0.25) is 0 Å². The van der Waals surface area contributed by atoms with Crippen LogP contribution < -0.4 is 19.5 Å². The Balaban J connectivity index is 1.60. The Labute approximate surface area is 226 Å². The maximum Gasteiger partial charge on any atom is 0.254 e. The minimum Gasteiger partial charge on any atom is -0.497 e. The topological polar surface area (TPSA) is 80.3 Å². The normalized spacial score (nSPS) is 23.5. The zero-order chi connectivity index (χ0) is 27.4. The molecule has 1 saturated heterocycles. The fraction of sp³-hybridized carbons (Fsp3) is 0.533. The molecule has 0 saturated carbocycles. The number of methoxy groups -OCH3 is 3. The van der Waals surface area contributed by atoms with Crippen LogP contribution >= 0.6 is 0 Å². The summed E-state index contributed by atoms with van der Waals surface area (Å²) in [6.45, 7) is 8.38. The van der Waals surface area contributed by atoms with Gasteiger partial charge < -0.3 is 29.3 Å². The van der Waals surface area contributed by atoms with Crippen LogP contribution in [0.3, 0.4) is 0 Å². The van der Waals surface area contributed by atoms with Crippen molar-refractivity contribution in [2.24, 2.45) is 11.8 Å². The average molecular weight is 524 g/mol. The Morgan fingerprint density at radius 3 is 2.21 bits per heavy atom. The van der Waals surface area contributed by atoms with Crippen molar-refractivity contribution >= 4 is 11.8 Å². The van der Waals surface area contributed by atoms with Crippen LogP contribution in [0.5, 0.6) is 17.2 Å². The number of amides is 2. The molecule has 0 aromatic heterocycles. The zero-order valence-corrected chi connectivity index (χ0v) is 23.5. The van der Waals surface area contributed by atoms with Crippen LogP contribution in [-0.4, -0.2) is 76.2 Å². The molecule has 8 nitrogen and oxygen atoms in total. The summed E-state index contributed by atoms with van der Waals surface area (Å²) in [7, 11) is 6.45. The Bertz CT molecular complexity index is 1130. The van der Waals surface area contributed by atoms with Gasteiger partial charge in [-0.15, -0.1) is 0 Å². The molecule has 4 atom stereocenters. The van der Waals surface area contributed by atoms with E-state index >= 15 is 0 Å². The van der Waals surface area contributed by atoms with Gasteiger partial charge in [0.1, 0.15) is 5.75 Å². The van der Waals surface area contributed by atoms with E-state index in [0.29, 0.717) is 46.8 Å². The first-order chi connectivity index (χ1) is 18.3. The lowest BCUT2D eigenvalue weighted by Crippen LogP contribution is -2.46. The van der Waals surface area contributed by atoms with Gasteiger partial charge in [-0.3, -0.25) is 9.59 Å². The molecule has 2 aliphatic rings. The molecule has 1 N–H and O–H groups in total. The van der Waals surface area contributed by atoms with Gasteiger partial charge in [0.2, 0.25) is 5.91 Å². The lowest BCUT2D eigenvalue weighted by Gasteiger charge is -2.40. The quantitative estimate of drug-likeness (QED) is 0.499. The highest BCUT2D eigenvalue weighted by molar-refractivity contribution is 6.02. The molecule has 0 bridgehead atoms. The molecule has 2 aliphatic heterocycles. The highest BCUT2D eigenvalue weighted by Crippen LogP contribution is 2.45. The Hall–Kier alpha value is -3.26. The van der Waals surface area contributed by atoms with E-state index in [1.165, 1.54) is 13.5 Å². The van der Waals surface area contributed by atoms with Gasteiger partial charge in [-0.1, -0.05) is 26.0 Å². The van der Waals surface area contributed by atoms with Crippen molar-refractivity contribution in [1.82, 2.24) is 15.1 Å². The molecule has 4 rings (SSSR count). The van der Waals surface area contributed by atoms with Crippen LogP contribution in [0, 0.1) is 11.8 Å². The number of hydrogen-bond donors (Lipinski definition) is 1. The van der Waals surface area contributed by atoms with Crippen molar-refractivity contribution in [3.63, 3.8) is 0 Å². The lowest BCUT2D eigenvalue weighted by atomic mass is 9.79. The number of rotatable bonds is 9. The van der Waals surface area contributed by atoms with E-state index in [9.17, 15) is 9.59 Å². The summed E-state index contributed by atoms with van der Waals surface area (Å²) in [5, 5.41) is 3.18. The molecule has 2 aromatic rings. The summed E-state index contributed by atoms with van der Waals surface area (Å²) < 4.78 is 16.3. The van der Waals surface area contributed by atoms with Gasteiger partial charge >= 0.3 is 0 Å². The van der Waals surface area contributed by atoms with E-state index in [1.807, 2.05) is 24.3 Å². The first-order valence-corrected chi connectivity index (χ1v) is 13.4. The molecule has 206 valence electrons. The van der Waals surface area contributed by atoms with E-state index in [0.717, 1.165) is 31.6 Å². The number of benzene rings is 2. The van der Waals surface area contributed by atoms with Crippen LogP contribution in [0.15, 0.2) is 36.4 Å². The number of carbonyl (C=O) groups is 2. The third-order valence-corrected chi connectivity index (χ3v) is 7.81. The minimum atomic E-state index is -0.615. The van der Waals surface area contributed by atoms with E-state index in [1.54, 1.807) is 38.3 Å². The van der Waals surface area contributed by atoms with Crippen molar-refractivity contribution < 1.29 is 23.8 Å². The maximum atomic E-state index is 13.9. The summed E-state index contributed by atoms with van der Waals surface area (Å²) in [6, 6.07) is 10.5. The van der Waals surface area contributed by atoms with Gasteiger partial charge in [0.15, 0.2) is 11.5 Å². The standard InChI is InChI=1S/C30H41N3O5/c1-19-14-20(2)18-33(17-19)13-7-12-31-29(34)27-23-15-25(37-5)26(38-6)16-24(23)30(35)32(3)28(27)21-8-10-22(36-4)11-9-21/h8-11,15-16,19-20,27-28H,7,12-14,17-18H2,1-6H3,(H,31,34)/t19-,20+,27-,28+/m0/s1. The Kier molecular flexibility index (Phi) is 8.82. The number of fused-ring (bicyclic) bond motifs is 1. The summed E-state index contributed by atoms with van der Waals surface area (Å²) >= 11 is 0. The number of nitrogens with one attached hydrogen (secondary N) is 1. The van der Waals surface area contributed by atoms with E-state index in [2.05, 4.69) is 24.1 Å². The fourth-order valence-corrected chi connectivity index (χ4v) is 6.15. The number of piperidine rings is 1. The molecular formula is C30H41N3O5. The summed E-state index contributed by atoms with van der Waals surface area (Å²) in [5.74, 6) is 2.18. The average Bonchev–Trinajstić information content (AvgIpc) is 2.91. The van der Waals surface area contributed by atoms with Gasteiger partial charge in [-0.25, -0.2) is 0 Å². The molecule has 0 unspecified atom stereocenters. The van der Waals surface area contributed by atoms with E-state index in [4.69, 9.17) is 14.2 Å². The van der Waals surface area contributed by atoms with Gasteiger partial charge in [0, 0.05) is 32.2 Å². The number of ether oxygens (including phenoxy) is 3. The van der Waals surface area contributed by atoms with Gasteiger partial charge in [-0.05, 0) is 66.6 Å². The van der Waals surface area contributed by atoms with Gasteiger partial charge in [0.05, 0.1) is 33.3 Å². The molecule has 8 heteroatoms. The molecule has 0 radical (unpaired) electrons. The zero-order valence-electron chi connectivity index (χ0n) is 23.5. The number of likely N-dealkylation sites (N-methyl/N-ethyl adjacent to an activating group) is 1. The van der Waals surface area contributed by atoms with Crippen molar-refractivity contribution in [2.45, 2.75) is 38.6 Å². The maximum absolute atomic E-state index is 13.9. The molecule has 0 aliphatic carbocycles. The molecule has 38 heavy (non-hydrogen) atoms. The minimum absolute atomic E-state index is 0.112. The summed E-state index contributed by atoms with van der Waals surface area (Å²) in [4.78, 5) is 31.5. The number of hydrogen-bond acceptors (Lipinski definition) is 6. The first kappa shape index (κ1) is 27.8. The number of carbonyl (C=O) groups excluding carboxylic acids is 2. The second-order valence-corrected chi connectivity index (χ2v) is 10.8. The van der Waals surface area contributed by atoms with Crippen LogP contribution in [0.4, 0.5) is 0 Å². The van der Waals surface area contributed by atoms with Crippen molar-refractivity contribution in [3.05, 3.63) is 53.1 Å². The van der Waals surface area contributed by atoms with Crippen molar-refractivity contribution in [2.75, 3.05) is 54.6 Å². The summed E-state index contributed by atoms with van der Waals surface area (Å²) in [6.07, 6.45) is 2.15. The van der Waals surface area contributed by atoms with E-state index < -0.39 is 12.0 Å². The SMILES string of the molecule is COc1ccc([C@@H]2[C@@H](C(=O)NCCCN3C[C@H](C)C[C@H](C)C3)c3cc(OC)c(OC)cc3C(=O)N2C)cc1. The third-order valence-electron chi connectivity index (χ3n) is 7.81. The summed E-state index contributed by atoms with van der Waals surface area (Å²) in [5.41, 5.74) is 1.95. The second kappa shape index (κ2) is 12.1. The van der Waals surface area contributed by atoms with Gasteiger partial charge in [-0.2, -0.15) is 0 Å². The molecule has 2 amide bonds. The van der Waals surface area contributed by atoms with Crippen LogP contribution in [0.1, 0.15) is 60.1 Å². The predicted molar refractivity (Wildman–Crippen MR) is 147 cm³/mol. The highest BCUT2D eigenvalue weighted by Gasteiger charge is 2.43. The predicted octanol–water partition coefficient (Wildman–Crippen LogP) is 4.11. The molecule has 2 aromatic carbocycles. The lowest BCUT2D eigenvalue weighted by molar-refractivity contribution is -0.124. The smallest absolute Gasteiger partial charge is 0.254 e. The fourth-order valence-electron chi connectivity index (χ4n) is 6.15. The molecule has 0 spiro atoms. The van der Waals surface area contributed by atoms with Crippen LogP contribution in [0.25, 0.3) is 0 Å². The molecule has 2 heterocycles. The highest BCUT2D eigenvalue weighted by atomic mass is 16.5. The molecule has 1 fully saturated rings. The largest absolute Gasteiger partial charge is 0.497 e. The number of likely N-dealkylation sites (tertiary alicyclic amines) is 1.